The Kier molecular flexibility index (Phi) is 3.82. The largest absolute Gasteiger partial charge is 0.378 e. The van der Waals surface area contributed by atoms with E-state index in [1.165, 1.54) is 0 Å². The zero-order chi connectivity index (χ0) is 11.5. The van der Waals surface area contributed by atoms with E-state index in [1.807, 2.05) is 6.92 Å². The van der Waals surface area contributed by atoms with Crippen molar-refractivity contribution in [3.63, 3.8) is 0 Å². The van der Waals surface area contributed by atoms with Crippen molar-refractivity contribution in [1.82, 2.24) is 10.2 Å². The molecule has 0 spiro atoms. The number of hydrogen-bond acceptors (Lipinski definition) is 3. The zero-order valence-electron chi connectivity index (χ0n) is 10.2. The molecule has 92 valence electrons. The lowest BCUT2D eigenvalue weighted by atomic mass is 10.0. The summed E-state index contributed by atoms with van der Waals surface area (Å²) >= 11 is 0. The molecule has 1 amide bonds. The van der Waals surface area contributed by atoms with Gasteiger partial charge in [0.05, 0.1) is 24.7 Å². The Morgan fingerprint density at radius 2 is 2.25 bits per heavy atom. The molecule has 0 radical (unpaired) electrons. The standard InChI is InChI=1S/C12H22N2O2/c1-3-4-14(11-6-13-7-11)12(15)10-5-9(2)16-8-10/h9-11,13H,3-8H2,1-2H3. The fourth-order valence-electron chi connectivity index (χ4n) is 2.43. The van der Waals surface area contributed by atoms with Crippen molar-refractivity contribution in [2.75, 3.05) is 26.2 Å². The molecule has 2 aliphatic rings. The van der Waals surface area contributed by atoms with Crippen LogP contribution in [0.3, 0.4) is 0 Å². The number of carbonyl (C=O) groups excluding carboxylic acids is 1. The van der Waals surface area contributed by atoms with Crippen LogP contribution in [0.4, 0.5) is 0 Å². The molecule has 0 aromatic carbocycles. The molecular formula is C12H22N2O2. The summed E-state index contributed by atoms with van der Waals surface area (Å²) in [7, 11) is 0. The summed E-state index contributed by atoms with van der Waals surface area (Å²) in [5.41, 5.74) is 0. The van der Waals surface area contributed by atoms with Crippen molar-refractivity contribution in [1.29, 1.82) is 0 Å². The van der Waals surface area contributed by atoms with Gasteiger partial charge in [-0.15, -0.1) is 0 Å². The number of carbonyl (C=O) groups is 1. The topological polar surface area (TPSA) is 41.6 Å². The third kappa shape index (κ3) is 2.38. The third-order valence-electron chi connectivity index (χ3n) is 3.50. The molecule has 2 saturated heterocycles. The summed E-state index contributed by atoms with van der Waals surface area (Å²) in [6.45, 7) is 7.57. The van der Waals surface area contributed by atoms with Crippen LogP contribution in [0, 0.1) is 5.92 Å². The van der Waals surface area contributed by atoms with Gasteiger partial charge in [0.1, 0.15) is 0 Å². The van der Waals surface area contributed by atoms with Crippen molar-refractivity contribution in [3.05, 3.63) is 0 Å². The summed E-state index contributed by atoms with van der Waals surface area (Å²) in [5.74, 6) is 0.403. The first-order valence-corrected chi connectivity index (χ1v) is 6.35. The number of amides is 1. The van der Waals surface area contributed by atoms with Gasteiger partial charge < -0.3 is 15.0 Å². The molecule has 2 unspecified atom stereocenters. The Bertz CT molecular complexity index is 253. The molecule has 16 heavy (non-hydrogen) atoms. The second-order valence-corrected chi connectivity index (χ2v) is 4.92. The lowest BCUT2D eigenvalue weighted by Crippen LogP contribution is -2.60. The Hall–Kier alpha value is -0.610. The van der Waals surface area contributed by atoms with E-state index in [1.54, 1.807) is 0 Å². The smallest absolute Gasteiger partial charge is 0.228 e. The molecule has 2 aliphatic heterocycles. The molecule has 0 aromatic heterocycles. The quantitative estimate of drug-likeness (QED) is 0.764. The van der Waals surface area contributed by atoms with E-state index in [4.69, 9.17) is 4.74 Å². The summed E-state index contributed by atoms with van der Waals surface area (Å²) in [6.07, 6.45) is 2.17. The molecule has 2 rings (SSSR count). The minimum Gasteiger partial charge on any atom is -0.378 e. The maximum absolute atomic E-state index is 12.3. The van der Waals surface area contributed by atoms with Crippen LogP contribution in [0.2, 0.25) is 0 Å². The third-order valence-corrected chi connectivity index (χ3v) is 3.50. The van der Waals surface area contributed by atoms with Gasteiger partial charge in [-0.3, -0.25) is 4.79 Å². The lowest BCUT2D eigenvalue weighted by molar-refractivity contribution is -0.139. The van der Waals surface area contributed by atoms with E-state index in [9.17, 15) is 4.79 Å². The average Bonchev–Trinajstić information content (AvgIpc) is 2.60. The fourth-order valence-corrected chi connectivity index (χ4v) is 2.43. The SMILES string of the molecule is CCCN(C(=O)C1COC(C)C1)C1CNC1. The number of ether oxygens (including phenoxy) is 1. The normalized spacial score (nSPS) is 30.1. The molecule has 2 heterocycles. The first kappa shape index (κ1) is 11.9. The second-order valence-electron chi connectivity index (χ2n) is 4.92. The lowest BCUT2D eigenvalue weighted by Gasteiger charge is -2.39. The number of hydrogen-bond donors (Lipinski definition) is 1. The van der Waals surface area contributed by atoms with Crippen molar-refractivity contribution in [2.24, 2.45) is 5.92 Å². The maximum Gasteiger partial charge on any atom is 0.228 e. The minimum atomic E-state index is 0.0992. The molecule has 0 bridgehead atoms. The van der Waals surface area contributed by atoms with Gasteiger partial charge in [-0.05, 0) is 19.8 Å². The molecule has 2 atom stereocenters. The maximum atomic E-state index is 12.3. The van der Waals surface area contributed by atoms with Crippen LogP contribution in [-0.2, 0) is 9.53 Å². The Balaban J connectivity index is 1.93. The highest BCUT2D eigenvalue weighted by Gasteiger charge is 2.35. The Morgan fingerprint density at radius 1 is 1.50 bits per heavy atom. The summed E-state index contributed by atoms with van der Waals surface area (Å²) < 4.78 is 5.48. The minimum absolute atomic E-state index is 0.0992. The molecule has 0 aliphatic carbocycles. The van der Waals surface area contributed by atoms with E-state index in [0.717, 1.165) is 32.5 Å². The van der Waals surface area contributed by atoms with E-state index >= 15 is 0 Å². The van der Waals surface area contributed by atoms with E-state index in [2.05, 4.69) is 17.1 Å². The molecule has 2 fully saturated rings. The van der Waals surface area contributed by atoms with Gasteiger partial charge in [0.2, 0.25) is 5.91 Å². The van der Waals surface area contributed by atoms with E-state index < -0.39 is 0 Å². The molecule has 4 nitrogen and oxygen atoms in total. The van der Waals surface area contributed by atoms with Crippen LogP contribution >= 0.6 is 0 Å². The predicted octanol–water partition coefficient (Wildman–Crippen LogP) is 0.622. The van der Waals surface area contributed by atoms with Gasteiger partial charge in [0.25, 0.3) is 0 Å². The Labute approximate surface area is 97.3 Å². The molecule has 0 aromatic rings. The summed E-state index contributed by atoms with van der Waals surface area (Å²) in [4.78, 5) is 14.4. The van der Waals surface area contributed by atoms with Crippen LogP contribution < -0.4 is 5.32 Å². The first-order valence-electron chi connectivity index (χ1n) is 6.35. The van der Waals surface area contributed by atoms with Crippen LogP contribution in [0.15, 0.2) is 0 Å². The second kappa shape index (κ2) is 5.15. The first-order chi connectivity index (χ1) is 7.72. The summed E-state index contributed by atoms with van der Waals surface area (Å²) in [6, 6.07) is 0.420. The fraction of sp³-hybridized carbons (Fsp3) is 0.917. The molecule has 4 heteroatoms. The average molecular weight is 226 g/mol. The number of nitrogens with one attached hydrogen (secondary N) is 1. The summed E-state index contributed by atoms with van der Waals surface area (Å²) in [5, 5.41) is 3.23. The molecule has 1 N–H and O–H groups in total. The van der Waals surface area contributed by atoms with Crippen LogP contribution in [0.5, 0.6) is 0 Å². The van der Waals surface area contributed by atoms with E-state index in [0.29, 0.717) is 18.6 Å². The van der Waals surface area contributed by atoms with Gasteiger partial charge in [-0.25, -0.2) is 0 Å². The monoisotopic (exact) mass is 226 g/mol. The highest BCUT2D eigenvalue weighted by Crippen LogP contribution is 2.23. The van der Waals surface area contributed by atoms with Gasteiger partial charge >= 0.3 is 0 Å². The van der Waals surface area contributed by atoms with E-state index in [-0.39, 0.29) is 12.0 Å². The van der Waals surface area contributed by atoms with Crippen LogP contribution in [-0.4, -0.2) is 49.2 Å². The number of rotatable bonds is 4. The Morgan fingerprint density at radius 3 is 2.69 bits per heavy atom. The predicted molar refractivity (Wildman–Crippen MR) is 62.2 cm³/mol. The van der Waals surface area contributed by atoms with Crippen molar-refractivity contribution in [3.8, 4) is 0 Å². The van der Waals surface area contributed by atoms with Crippen LogP contribution in [0.25, 0.3) is 0 Å². The van der Waals surface area contributed by atoms with Gasteiger partial charge in [-0.1, -0.05) is 6.92 Å². The van der Waals surface area contributed by atoms with Crippen molar-refractivity contribution in [2.45, 2.75) is 38.8 Å². The van der Waals surface area contributed by atoms with Crippen molar-refractivity contribution < 1.29 is 9.53 Å². The highest BCUT2D eigenvalue weighted by atomic mass is 16.5. The zero-order valence-corrected chi connectivity index (χ0v) is 10.2. The number of nitrogens with zero attached hydrogens (tertiary/aromatic N) is 1. The highest BCUT2D eigenvalue weighted by molar-refractivity contribution is 5.79. The van der Waals surface area contributed by atoms with Gasteiger partial charge in [0.15, 0.2) is 0 Å². The molecular weight excluding hydrogens is 204 g/mol. The van der Waals surface area contributed by atoms with Gasteiger partial charge in [-0.2, -0.15) is 0 Å². The van der Waals surface area contributed by atoms with Crippen LogP contribution in [0.1, 0.15) is 26.7 Å². The van der Waals surface area contributed by atoms with Gasteiger partial charge in [0, 0.05) is 19.6 Å². The van der Waals surface area contributed by atoms with Crippen molar-refractivity contribution >= 4 is 5.91 Å². The molecule has 0 saturated carbocycles.